The van der Waals surface area contributed by atoms with Gasteiger partial charge in [0.2, 0.25) is 0 Å². The van der Waals surface area contributed by atoms with E-state index in [1.165, 1.54) is 0 Å². The van der Waals surface area contributed by atoms with Crippen molar-refractivity contribution in [3.63, 3.8) is 0 Å². The van der Waals surface area contributed by atoms with Crippen LogP contribution in [0.3, 0.4) is 0 Å². The first kappa shape index (κ1) is 9.47. The van der Waals surface area contributed by atoms with Gasteiger partial charge in [-0.05, 0) is 0 Å². The van der Waals surface area contributed by atoms with Crippen LogP contribution < -0.4 is 0 Å². The summed E-state index contributed by atoms with van der Waals surface area (Å²) in [6.07, 6.45) is 5.90. The van der Waals surface area contributed by atoms with Crippen LogP contribution in [0, 0.1) is 0 Å². The molecule has 0 saturated heterocycles. The predicted molar refractivity (Wildman–Crippen MR) is 46.5 cm³/mol. The van der Waals surface area contributed by atoms with E-state index >= 15 is 0 Å². The van der Waals surface area contributed by atoms with Crippen molar-refractivity contribution in [2.45, 2.75) is 0 Å². The van der Waals surface area contributed by atoms with E-state index in [0.29, 0.717) is 0 Å². The summed E-state index contributed by atoms with van der Waals surface area (Å²) in [5, 5.41) is 0. The van der Waals surface area contributed by atoms with Crippen LogP contribution in [0.15, 0.2) is 24.4 Å². The molecule has 0 aromatic carbocycles. The zero-order valence-electron chi connectivity index (χ0n) is 7.15. The van der Waals surface area contributed by atoms with Gasteiger partial charge in [0, 0.05) is 0 Å². The molecule has 0 amide bonds. The van der Waals surface area contributed by atoms with E-state index in [1.54, 1.807) is 7.11 Å². The zero-order chi connectivity index (χ0) is 8.97. The van der Waals surface area contributed by atoms with Gasteiger partial charge in [0.05, 0.1) is 0 Å². The Labute approximate surface area is 80.4 Å². The van der Waals surface area contributed by atoms with Crippen molar-refractivity contribution in [3.8, 4) is 0 Å². The van der Waals surface area contributed by atoms with Gasteiger partial charge < -0.3 is 0 Å². The Morgan fingerprint density at radius 1 is 1.67 bits per heavy atom. The molecule has 1 aromatic rings. The molecule has 0 fully saturated rings. The first-order chi connectivity index (χ1) is 5.74. The molecule has 64 valence electrons. The molecule has 0 bridgehead atoms. The van der Waals surface area contributed by atoms with E-state index < -0.39 is 0 Å². The fraction of sp³-hybridized carbons (Fsp3) is 0.222. The van der Waals surface area contributed by atoms with E-state index in [1.807, 2.05) is 42.1 Å². The van der Waals surface area contributed by atoms with E-state index in [4.69, 9.17) is 4.74 Å². The molecule has 1 heterocycles. The summed E-state index contributed by atoms with van der Waals surface area (Å²) in [6, 6.07) is 4.05. The number of hydrogen-bond donors (Lipinski definition) is 0. The maximum absolute atomic E-state index is 4.95. The molecule has 1 aromatic heterocycles. The van der Waals surface area contributed by atoms with Crippen LogP contribution in [0.5, 0.6) is 0 Å². The van der Waals surface area contributed by atoms with Crippen molar-refractivity contribution in [2.24, 2.45) is 7.05 Å². The number of rotatable bonds is 3. The van der Waals surface area contributed by atoms with Gasteiger partial charge in [-0.2, -0.15) is 0 Å². The molecule has 12 heavy (non-hydrogen) atoms. The Bertz CT molecular complexity index is 301. The Kier molecular flexibility index (Phi) is 3.49. The second-order valence-electron chi connectivity index (χ2n) is 2.40. The van der Waals surface area contributed by atoms with Crippen molar-refractivity contribution >= 4 is 10.6 Å². The summed E-state index contributed by atoms with van der Waals surface area (Å²) in [6.45, 7) is 0. The molecule has 0 spiro atoms. The Morgan fingerprint density at radius 3 is 2.92 bits per heavy atom. The minimum absolute atomic E-state index is 0.788. The summed E-state index contributed by atoms with van der Waals surface area (Å²) in [5.74, 6) is 0. The molecule has 0 aliphatic carbocycles. The maximum atomic E-state index is 4.95. The molecular formula is C9H11CrNO. The molecule has 3 heteroatoms. The number of aryl methyl sites for hydroxylation is 1. The third-order valence-electron chi connectivity index (χ3n) is 1.58. The molecule has 2 nitrogen and oxygen atoms in total. The number of hydrogen-bond acceptors (Lipinski definition) is 1. The summed E-state index contributed by atoms with van der Waals surface area (Å²) >= 11 is 2.81. The van der Waals surface area contributed by atoms with Crippen LogP contribution in [-0.2, 0) is 27.6 Å². The normalized spacial score (nSPS) is 10.8. The van der Waals surface area contributed by atoms with Gasteiger partial charge in [-0.25, -0.2) is 0 Å². The van der Waals surface area contributed by atoms with Crippen molar-refractivity contribution in [3.05, 3.63) is 30.1 Å². The zero-order valence-corrected chi connectivity index (χ0v) is 8.43. The first-order valence-electron chi connectivity index (χ1n) is 3.61. The van der Waals surface area contributed by atoms with Crippen molar-refractivity contribution in [1.29, 1.82) is 0 Å². The molecule has 0 aliphatic heterocycles. The third-order valence-corrected chi connectivity index (χ3v) is 2.05. The summed E-state index contributed by atoms with van der Waals surface area (Å²) < 4.78 is 7.78. The molecule has 0 atom stereocenters. The van der Waals surface area contributed by atoms with Gasteiger partial charge in [-0.3, -0.25) is 0 Å². The standard InChI is InChI=1S/C9H11NO.Cr/c1-10-7-3-5-9(10)6-4-8-11-2;/h3-7H,1-2H3;/b6-4+;. The summed E-state index contributed by atoms with van der Waals surface area (Å²) in [4.78, 5) is 0. The van der Waals surface area contributed by atoms with Crippen LogP contribution in [0.1, 0.15) is 5.69 Å². The molecule has 0 saturated carbocycles. The Hall–Kier alpha value is -0.618. The SMILES string of the molecule is CO[C](=[Cr])/C=C/c1cccn1C. The van der Waals surface area contributed by atoms with E-state index in [2.05, 4.69) is 15.9 Å². The van der Waals surface area contributed by atoms with Crippen LogP contribution in [0.2, 0.25) is 0 Å². The van der Waals surface area contributed by atoms with Gasteiger partial charge in [-0.1, -0.05) is 0 Å². The quantitative estimate of drug-likeness (QED) is 0.720. The first-order valence-corrected chi connectivity index (χ1v) is 4.25. The number of ether oxygens (including phenoxy) is 1. The van der Waals surface area contributed by atoms with Crippen LogP contribution >= 0.6 is 0 Å². The number of nitrogens with zero attached hydrogens (tertiary/aromatic N) is 1. The van der Waals surface area contributed by atoms with Gasteiger partial charge in [0.1, 0.15) is 0 Å². The number of aromatic nitrogens is 1. The molecule has 0 radical (unpaired) electrons. The average Bonchev–Trinajstić information content (AvgIpc) is 2.47. The van der Waals surface area contributed by atoms with Crippen LogP contribution in [-0.4, -0.2) is 16.2 Å². The fourth-order valence-electron chi connectivity index (χ4n) is 0.869. The fourth-order valence-corrected chi connectivity index (χ4v) is 0.975. The monoisotopic (exact) mass is 201 g/mol. The van der Waals surface area contributed by atoms with Gasteiger partial charge >= 0.3 is 80.1 Å². The van der Waals surface area contributed by atoms with Crippen molar-refractivity contribution in [2.75, 3.05) is 7.11 Å². The van der Waals surface area contributed by atoms with Crippen LogP contribution in [0.4, 0.5) is 0 Å². The molecule has 1 rings (SSSR count). The second kappa shape index (κ2) is 4.42. The van der Waals surface area contributed by atoms with Crippen LogP contribution in [0.25, 0.3) is 6.08 Å². The van der Waals surface area contributed by atoms with E-state index in [-0.39, 0.29) is 0 Å². The van der Waals surface area contributed by atoms with Crippen molar-refractivity contribution in [1.82, 2.24) is 4.57 Å². The average molecular weight is 201 g/mol. The second-order valence-corrected chi connectivity index (χ2v) is 3.03. The third kappa shape index (κ3) is 2.46. The van der Waals surface area contributed by atoms with Gasteiger partial charge in [-0.15, -0.1) is 0 Å². The van der Waals surface area contributed by atoms with Gasteiger partial charge in [0.25, 0.3) is 0 Å². The molecule has 0 aliphatic rings. The molecular weight excluding hydrogens is 190 g/mol. The number of methoxy groups -OCH3 is 1. The molecule has 0 unspecified atom stereocenters. The van der Waals surface area contributed by atoms with E-state index in [0.717, 1.165) is 10.3 Å². The minimum atomic E-state index is 0.788. The summed E-state index contributed by atoms with van der Waals surface area (Å²) in [5.41, 5.74) is 1.15. The predicted octanol–water partition coefficient (Wildman–Crippen LogP) is 1.36. The topological polar surface area (TPSA) is 14.2 Å². The van der Waals surface area contributed by atoms with Crippen molar-refractivity contribution < 1.29 is 20.6 Å². The van der Waals surface area contributed by atoms with E-state index in [9.17, 15) is 0 Å². The summed E-state index contributed by atoms with van der Waals surface area (Å²) in [7, 11) is 3.65. The van der Waals surface area contributed by atoms with Gasteiger partial charge in [0.15, 0.2) is 0 Å². The molecule has 0 N–H and O–H groups in total. The Morgan fingerprint density at radius 2 is 2.42 bits per heavy atom. The Balaban J connectivity index is 2.69.